The number of likely N-dealkylation sites (tertiary alicyclic amines) is 1. The lowest BCUT2D eigenvalue weighted by atomic mass is 10.1. The van der Waals surface area contributed by atoms with Crippen LogP contribution in [0.4, 0.5) is 22.0 Å². The van der Waals surface area contributed by atoms with E-state index in [4.69, 9.17) is 9.47 Å². The molecule has 0 spiro atoms. The summed E-state index contributed by atoms with van der Waals surface area (Å²) in [6, 6.07) is 7.70. The van der Waals surface area contributed by atoms with Crippen LogP contribution < -0.4 is 15.4 Å². The highest BCUT2D eigenvalue weighted by Gasteiger charge is 2.35. The number of fused-ring (bicyclic) bond motifs is 1. The van der Waals surface area contributed by atoms with Crippen LogP contribution in [-0.4, -0.2) is 67.1 Å². The molecule has 0 unspecified atom stereocenters. The van der Waals surface area contributed by atoms with Gasteiger partial charge in [0.05, 0.1) is 42.6 Å². The first-order chi connectivity index (χ1) is 19.6. The topological polar surface area (TPSA) is 128 Å². The molecule has 1 aromatic carbocycles. The number of hydrogen-bond donors (Lipinski definition) is 2. The second kappa shape index (κ2) is 10.1. The standard InChI is InChI=1S/C29H34N8O4/c1-17-13-37-26(31-17)23(11-24(34-37)33-27(38)18-9-10-18)32-22-8-6-7-21(25(22)40-5)19-12-30-36(14-19)20-15-35(16-20)28(39)41-29(2,3)4/h6-8,11-14,18,20,32H,9-10,15-16H2,1-5H3,(H,33,34,38). The number of rotatable bonds is 7. The molecular weight excluding hydrogens is 524 g/mol. The maximum Gasteiger partial charge on any atom is 0.410 e. The van der Waals surface area contributed by atoms with Crippen LogP contribution in [0.2, 0.25) is 0 Å². The van der Waals surface area contributed by atoms with Gasteiger partial charge >= 0.3 is 6.09 Å². The zero-order chi connectivity index (χ0) is 28.9. The molecule has 6 rings (SSSR count). The van der Waals surface area contributed by atoms with Gasteiger partial charge in [-0.3, -0.25) is 9.48 Å². The first kappa shape index (κ1) is 26.6. The largest absolute Gasteiger partial charge is 0.494 e. The Hall–Kier alpha value is -4.61. The first-order valence-electron chi connectivity index (χ1n) is 13.7. The molecule has 0 atom stereocenters. The van der Waals surface area contributed by atoms with Gasteiger partial charge in [-0.05, 0) is 46.6 Å². The maximum atomic E-state index is 12.4. The number of ether oxygens (including phenoxy) is 2. The van der Waals surface area contributed by atoms with Crippen LogP contribution in [-0.2, 0) is 9.53 Å². The van der Waals surface area contributed by atoms with Crippen molar-refractivity contribution >= 4 is 34.8 Å². The summed E-state index contributed by atoms with van der Waals surface area (Å²) in [4.78, 5) is 31.0. The van der Waals surface area contributed by atoms with Gasteiger partial charge in [-0.2, -0.15) is 5.10 Å². The van der Waals surface area contributed by atoms with Gasteiger partial charge in [0.25, 0.3) is 0 Å². The van der Waals surface area contributed by atoms with Crippen molar-refractivity contribution in [3.05, 3.63) is 48.5 Å². The first-order valence-corrected chi connectivity index (χ1v) is 13.7. The van der Waals surface area contributed by atoms with E-state index in [1.54, 1.807) is 28.8 Å². The predicted molar refractivity (Wildman–Crippen MR) is 153 cm³/mol. The molecule has 2 amide bonds. The van der Waals surface area contributed by atoms with E-state index in [9.17, 15) is 9.59 Å². The Morgan fingerprint density at radius 1 is 1.10 bits per heavy atom. The zero-order valence-electron chi connectivity index (χ0n) is 23.8. The van der Waals surface area contributed by atoms with Crippen molar-refractivity contribution in [3.63, 3.8) is 0 Å². The van der Waals surface area contributed by atoms with Crippen LogP contribution in [0.15, 0.2) is 42.9 Å². The Morgan fingerprint density at radius 3 is 2.59 bits per heavy atom. The Morgan fingerprint density at radius 2 is 1.88 bits per heavy atom. The van der Waals surface area contributed by atoms with Gasteiger partial charge in [-0.15, -0.1) is 5.10 Å². The number of anilines is 3. The van der Waals surface area contributed by atoms with E-state index in [1.165, 1.54) is 0 Å². The van der Waals surface area contributed by atoms with Crippen LogP contribution >= 0.6 is 0 Å². The molecule has 0 bridgehead atoms. The minimum atomic E-state index is -0.527. The smallest absolute Gasteiger partial charge is 0.410 e. The summed E-state index contributed by atoms with van der Waals surface area (Å²) >= 11 is 0. The number of imidazole rings is 1. The van der Waals surface area contributed by atoms with Gasteiger partial charge in [0, 0.05) is 42.4 Å². The van der Waals surface area contributed by atoms with Gasteiger partial charge in [0.2, 0.25) is 5.91 Å². The highest BCUT2D eigenvalue weighted by Crippen LogP contribution is 2.39. The Labute approximate surface area is 237 Å². The van der Waals surface area contributed by atoms with Gasteiger partial charge in [-0.1, -0.05) is 12.1 Å². The molecule has 41 heavy (non-hydrogen) atoms. The predicted octanol–water partition coefficient (Wildman–Crippen LogP) is 4.79. The van der Waals surface area contributed by atoms with Gasteiger partial charge in [0.15, 0.2) is 11.5 Å². The van der Waals surface area contributed by atoms with E-state index < -0.39 is 5.60 Å². The zero-order valence-corrected chi connectivity index (χ0v) is 23.8. The fourth-order valence-corrected chi connectivity index (χ4v) is 4.82. The summed E-state index contributed by atoms with van der Waals surface area (Å²) in [5.41, 5.74) is 4.07. The summed E-state index contributed by atoms with van der Waals surface area (Å²) < 4.78 is 14.9. The quantitative estimate of drug-likeness (QED) is 0.331. The second-order valence-electron chi connectivity index (χ2n) is 11.6. The fraction of sp³-hybridized carbons (Fsp3) is 0.414. The number of hydrogen-bond acceptors (Lipinski definition) is 8. The van der Waals surface area contributed by atoms with Crippen LogP contribution in [0.25, 0.3) is 16.8 Å². The summed E-state index contributed by atoms with van der Waals surface area (Å²) in [7, 11) is 1.63. The molecule has 12 nitrogen and oxygen atoms in total. The molecular formula is C29H34N8O4. The molecule has 0 radical (unpaired) electrons. The van der Waals surface area contributed by atoms with E-state index in [-0.39, 0.29) is 24.0 Å². The Balaban J connectivity index is 1.24. The highest BCUT2D eigenvalue weighted by molar-refractivity contribution is 5.94. The van der Waals surface area contributed by atoms with Gasteiger partial charge in [-0.25, -0.2) is 14.3 Å². The third-order valence-corrected chi connectivity index (χ3v) is 7.03. The van der Waals surface area contributed by atoms with Crippen molar-refractivity contribution in [2.75, 3.05) is 30.8 Å². The number of amides is 2. The fourth-order valence-electron chi connectivity index (χ4n) is 4.82. The normalized spacial score (nSPS) is 15.5. The summed E-state index contributed by atoms with van der Waals surface area (Å²) in [6.45, 7) is 8.55. The van der Waals surface area contributed by atoms with E-state index in [0.717, 1.165) is 35.3 Å². The molecule has 4 heterocycles. The molecule has 2 aliphatic rings. The number of benzene rings is 1. The van der Waals surface area contributed by atoms with Gasteiger partial charge < -0.3 is 25.0 Å². The van der Waals surface area contributed by atoms with E-state index in [0.29, 0.717) is 36.0 Å². The summed E-state index contributed by atoms with van der Waals surface area (Å²) in [6.07, 6.45) is 7.09. The number of carbonyl (C=O) groups is 2. The van der Waals surface area contributed by atoms with E-state index in [1.807, 2.05) is 63.0 Å². The van der Waals surface area contributed by atoms with Crippen molar-refractivity contribution in [1.82, 2.24) is 29.3 Å². The lowest BCUT2D eigenvalue weighted by Crippen LogP contribution is -2.52. The maximum absolute atomic E-state index is 12.4. The van der Waals surface area contributed by atoms with Crippen LogP contribution in [0.1, 0.15) is 45.3 Å². The molecule has 1 saturated carbocycles. The number of methoxy groups -OCH3 is 1. The average molecular weight is 559 g/mol. The second-order valence-corrected chi connectivity index (χ2v) is 11.6. The average Bonchev–Trinajstić information content (AvgIpc) is 3.50. The third kappa shape index (κ3) is 5.54. The van der Waals surface area contributed by atoms with Crippen LogP contribution in [0.3, 0.4) is 0 Å². The number of aryl methyl sites for hydroxylation is 1. The number of para-hydroxylation sites is 1. The van der Waals surface area contributed by atoms with Gasteiger partial charge in [0.1, 0.15) is 11.4 Å². The summed E-state index contributed by atoms with van der Waals surface area (Å²) in [5.74, 6) is 1.13. The number of carbonyl (C=O) groups excluding carboxylic acids is 2. The van der Waals surface area contributed by atoms with Crippen molar-refractivity contribution in [1.29, 1.82) is 0 Å². The van der Waals surface area contributed by atoms with Crippen molar-refractivity contribution in [3.8, 4) is 16.9 Å². The lowest BCUT2D eigenvalue weighted by molar-refractivity contribution is -0.117. The summed E-state index contributed by atoms with van der Waals surface area (Å²) in [5, 5.41) is 15.5. The third-order valence-electron chi connectivity index (χ3n) is 7.03. The Bertz CT molecular complexity index is 1630. The molecule has 1 aliphatic heterocycles. The molecule has 1 aliphatic carbocycles. The molecule has 12 heteroatoms. The molecule has 4 aromatic rings. The molecule has 1 saturated heterocycles. The van der Waals surface area contributed by atoms with E-state index in [2.05, 4.69) is 25.8 Å². The number of aromatic nitrogens is 5. The molecule has 2 N–H and O–H groups in total. The highest BCUT2D eigenvalue weighted by atomic mass is 16.6. The molecule has 3 aromatic heterocycles. The minimum absolute atomic E-state index is 0.0168. The molecule has 2 fully saturated rings. The van der Waals surface area contributed by atoms with Crippen molar-refractivity contribution in [2.24, 2.45) is 5.92 Å². The number of nitrogens with one attached hydrogen (secondary N) is 2. The number of nitrogens with zero attached hydrogens (tertiary/aromatic N) is 6. The Kier molecular flexibility index (Phi) is 6.55. The van der Waals surface area contributed by atoms with Crippen molar-refractivity contribution < 1.29 is 19.1 Å². The molecule has 214 valence electrons. The monoisotopic (exact) mass is 558 g/mol. The van der Waals surface area contributed by atoms with E-state index >= 15 is 0 Å². The SMILES string of the molecule is COc1c(Nc2cc(NC(=O)C3CC3)nn3cc(C)nc23)cccc1-c1cnn(C2CN(C(=O)OC(C)(C)C)C2)c1. The van der Waals surface area contributed by atoms with Crippen molar-refractivity contribution in [2.45, 2.75) is 52.2 Å². The minimum Gasteiger partial charge on any atom is -0.494 e. The lowest BCUT2D eigenvalue weighted by Gasteiger charge is -2.39. The van der Waals surface area contributed by atoms with Crippen LogP contribution in [0.5, 0.6) is 5.75 Å². The van der Waals surface area contributed by atoms with Crippen LogP contribution in [0, 0.1) is 12.8 Å².